The normalized spacial score (nSPS) is 11.1. The van der Waals surface area contributed by atoms with E-state index >= 15 is 0 Å². The fourth-order valence-electron chi connectivity index (χ4n) is 1.95. The zero-order valence-electron chi connectivity index (χ0n) is 14.8. The van der Waals surface area contributed by atoms with Crippen molar-refractivity contribution in [3.63, 3.8) is 0 Å². The smallest absolute Gasteiger partial charge is 0.191 e. The van der Waals surface area contributed by atoms with Gasteiger partial charge in [0.2, 0.25) is 0 Å². The summed E-state index contributed by atoms with van der Waals surface area (Å²) >= 11 is 0. The molecule has 0 aromatic carbocycles. The summed E-state index contributed by atoms with van der Waals surface area (Å²) in [5, 5.41) is 6.51. The number of guanidine groups is 1. The summed E-state index contributed by atoms with van der Waals surface area (Å²) in [7, 11) is 5.60. The van der Waals surface area contributed by atoms with Gasteiger partial charge in [0.25, 0.3) is 0 Å². The zero-order valence-corrected chi connectivity index (χ0v) is 17.2. The minimum Gasteiger partial charge on any atom is -0.490 e. The average molecular weight is 451 g/mol. The minimum atomic E-state index is 0. The molecule has 0 unspecified atom stereocenters. The van der Waals surface area contributed by atoms with E-state index in [4.69, 9.17) is 9.47 Å². The van der Waals surface area contributed by atoms with Crippen LogP contribution >= 0.6 is 24.0 Å². The SMILES string of the molecule is CN=C(NCCOc1cccnc1)NCCN(C)CCCOC.I. The first-order valence-electron chi connectivity index (χ1n) is 7.91. The maximum Gasteiger partial charge on any atom is 0.191 e. The van der Waals surface area contributed by atoms with E-state index in [0.29, 0.717) is 13.2 Å². The van der Waals surface area contributed by atoms with E-state index in [-0.39, 0.29) is 24.0 Å². The van der Waals surface area contributed by atoms with Gasteiger partial charge in [-0.1, -0.05) is 0 Å². The molecule has 0 aliphatic heterocycles. The fraction of sp³-hybridized carbons (Fsp3) is 0.625. The van der Waals surface area contributed by atoms with Gasteiger partial charge in [-0.25, -0.2) is 0 Å². The van der Waals surface area contributed by atoms with Gasteiger partial charge in [-0.3, -0.25) is 9.98 Å². The second-order valence-electron chi connectivity index (χ2n) is 5.11. The monoisotopic (exact) mass is 451 g/mol. The molecule has 2 N–H and O–H groups in total. The first kappa shape index (κ1) is 22.9. The second-order valence-corrected chi connectivity index (χ2v) is 5.11. The Hall–Kier alpha value is -1.13. The molecule has 1 aromatic heterocycles. The van der Waals surface area contributed by atoms with Crippen LogP contribution in [0.5, 0.6) is 5.75 Å². The molecule has 0 radical (unpaired) electrons. The van der Waals surface area contributed by atoms with Gasteiger partial charge in [0.05, 0.1) is 12.7 Å². The van der Waals surface area contributed by atoms with Crippen LogP contribution < -0.4 is 15.4 Å². The van der Waals surface area contributed by atoms with Crippen LogP contribution in [0.4, 0.5) is 0 Å². The molecule has 0 saturated carbocycles. The Labute approximate surface area is 162 Å². The number of rotatable bonds is 11. The molecule has 0 aliphatic rings. The Morgan fingerprint density at radius 2 is 2.04 bits per heavy atom. The first-order valence-corrected chi connectivity index (χ1v) is 7.91. The molecule has 0 fully saturated rings. The van der Waals surface area contributed by atoms with Gasteiger partial charge in [-0.2, -0.15) is 0 Å². The van der Waals surface area contributed by atoms with Crippen molar-refractivity contribution < 1.29 is 9.47 Å². The molecule has 0 saturated heterocycles. The van der Waals surface area contributed by atoms with Gasteiger partial charge in [-0.15, -0.1) is 24.0 Å². The molecule has 0 atom stereocenters. The molecule has 1 aromatic rings. The Morgan fingerprint density at radius 3 is 2.71 bits per heavy atom. The Balaban J connectivity index is 0.00000529. The minimum absolute atomic E-state index is 0. The summed E-state index contributed by atoms with van der Waals surface area (Å²) in [6.45, 7) is 4.86. The van der Waals surface area contributed by atoms with Gasteiger partial charge in [-0.05, 0) is 25.6 Å². The third kappa shape index (κ3) is 11.4. The van der Waals surface area contributed by atoms with E-state index in [1.165, 1.54) is 0 Å². The third-order valence-electron chi connectivity index (χ3n) is 3.20. The Kier molecular flexibility index (Phi) is 14.7. The highest BCUT2D eigenvalue weighted by Crippen LogP contribution is 2.04. The van der Waals surface area contributed by atoms with Crippen molar-refractivity contribution in [3.05, 3.63) is 24.5 Å². The molecule has 0 aliphatic carbocycles. The van der Waals surface area contributed by atoms with Gasteiger partial charge in [0.15, 0.2) is 5.96 Å². The molecule has 0 amide bonds. The highest BCUT2D eigenvalue weighted by molar-refractivity contribution is 14.0. The molecule has 24 heavy (non-hydrogen) atoms. The van der Waals surface area contributed by atoms with Crippen LogP contribution in [-0.4, -0.2) is 76.4 Å². The summed E-state index contributed by atoms with van der Waals surface area (Å²) < 4.78 is 10.6. The fourth-order valence-corrected chi connectivity index (χ4v) is 1.95. The number of hydrogen-bond donors (Lipinski definition) is 2. The number of nitrogens with zero attached hydrogens (tertiary/aromatic N) is 3. The van der Waals surface area contributed by atoms with Gasteiger partial charge < -0.3 is 25.0 Å². The van der Waals surface area contributed by atoms with Gasteiger partial charge >= 0.3 is 0 Å². The summed E-state index contributed by atoms with van der Waals surface area (Å²) in [5.74, 6) is 1.56. The maximum atomic E-state index is 5.57. The lowest BCUT2D eigenvalue weighted by molar-refractivity contribution is 0.180. The number of halogens is 1. The van der Waals surface area contributed by atoms with Gasteiger partial charge in [0.1, 0.15) is 12.4 Å². The van der Waals surface area contributed by atoms with E-state index in [9.17, 15) is 0 Å². The Morgan fingerprint density at radius 1 is 1.25 bits per heavy atom. The van der Waals surface area contributed by atoms with Crippen molar-refractivity contribution >= 4 is 29.9 Å². The van der Waals surface area contributed by atoms with Crippen LogP contribution in [0.2, 0.25) is 0 Å². The number of hydrogen-bond acceptors (Lipinski definition) is 5. The molecule has 0 spiro atoms. The van der Waals surface area contributed by atoms with Crippen LogP contribution in [0.3, 0.4) is 0 Å². The summed E-state index contributed by atoms with van der Waals surface area (Å²) in [5.41, 5.74) is 0. The van der Waals surface area contributed by atoms with Crippen LogP contribution in [0, 0.1) is 0 Å². The van der Waals surface area contributed by atoms with E-state index < -0.39 is 0 Å². The van der Waals surface area contributed by atoms with Crippen LogP contribution in [0.25, 0.3) is 0 Å². The lowest BCUT2D eigenvalue weighted by Gasteiger charge is -2.18. The van der Waals surface area contributed by atoms with E-state index in [1.54, 1.807) is 26.6 Å². The number of aromatic nitrogens is 1. The van der Waals surface area contributed by atoms with Crippen LogP contribution in [0.15, 0.2) is 29.5 Å². The zero-order chi connectivity index (χ0) is 16.8. The van der Waals surface area contributed by atoms with Crippen molar-refractivity contribution in [3.8, 4) is 5.75 Å². The van der Waals surface area contributed by atoms with Crippen LogP contribution in [0.1, 0.15) is 6.42 Å². The summed E-state index contributed by atoms with van der Waals surface area (Å²) in [6, 6.07) is 3.74. The summed E-state index contributed by atoms with van der Waals surface area (Å²) in [4.78, 5) is 10.5. The predicted octanol–water partition coefficient (Wildman–Crippen LogP) is 1.21. The van der Waals surface area contributed by atoms with Gasteiger partial charge in [0, 0.05) is 46.6 Å². The number of methoxy groups -OCH3 is 1. The van der Waals surface area contributed by atoms with Crippen molar-refractivity contribution in [1.29, 1.82) is 0 Å². The van der Waals surface area contributed by atoms with Crippen molar-refractivity contribution in [2.75, 3.05) is 60.6 Å². The molecular weight excluding hydrogens is 421 g/mol. The molecular formula is C16H30IN5O2. The number of aliphatic imine (C=N–C) groups is 1. The summed E-state index contributed by atoms with van der Waals surface area (Å²) in [6.07, 6.45) is 4.47. The molecule has 7 nitrogen and oxygen atoms in total. The Bertz CT molecular complexity index is 434. The highest BCUT2D eigenvalue weighted by Gasteiger charge is 2.00. The van der Waals surface area contributed by atoms with E-state index in [0.717, 1.165) is 44.4 Å². The molecule has 1 heterocycles. The first-order chi connectivity index (χ1) is 11.3. The quantitative estimate of drug-likeness (QED) is 0.228. The van der Waals surface area contributed by atoms with Crippen molar-refractivity contribution in [2.24, 2.45) is 4.99 Å². The predicted molar refractivity (Wildman–Crippen MR) is 109 cm³/mol. The topological polar surface area (TPSA) is 71.0 Å². The molecule has 1 rings (SSSR count). The molecule has 0 bridgehead atoms. The largest absolute Gasteiger partial charge is 0.490 e. The lowest BCUT2D eigenvalue weighted by atomic mass is 10.4. The number of nitrogens with one attached hydrogen (secondary N) is 2. The van der Waals surface area contributed by atoms with E-state index in [1.807, 2.05) is 12.1 Å². The highest BCUT2D eigenvalue weighted by atomic mass is 127. The standard InChI is InChI=1S/C16H29N5O2.HI/c1-17-16(19-8-11-21(2)10-5-12-22-3)20-9-13-23-15-6-4-7-18-14-15;/h4,6-7,14H,5,8-13H2,1-3H3,(H2,17,19,20);1H. The third-order valence-corrected chi connectivity index (χ3v) is 3.20. The average Bonchev–Trinajstić information content (AvgIpc) is 2.58. The van der Waals surface area contributed by atoms with Crippen molar-refractivity contribution in [2.45, 2.75) is 6.42 Å². The number of ether oxygens (including phenoxy) is 2. The van der Waals surface area contributed by atoms with Crippen LogP contribution in [-0.2, 0) is 4.74 Å². The second kappa shape index (κ2) is 15.4. The lowest BCUT2D eigenvalue weighted by Crippen LogP contribution is -2.42. The number of pyridine rings is 1. The van der Waals surface area contributed by atoms with Crippen molar-refractivity contribution in [1.82, 2.24) is 20.5 Å². The maximum absolute atomic E-state index is 5.57. The molecule has 8 heteroatoms. The van der Waals surface area contributed by atoms with E-state index in [2.05, 4.69) is 32.6 Å². The number of likely N-dealkylation sites (N-methyl/N-ethyl adjacent to an activating group) is 1. The molecule has 138 valence electrons.